The molecule has 8 nitrogen and oxygen atoms in total. The maximum atomic E-state index is 12.5. The number of ketones is 1. The SMILES string of the molecule is COC(=O)C(=O)c1cn(C2CCN(C(=O)OC(C)(C)C)CC2CO)c2ccccc12. The molecule has 2 heterocycles. The van der Waals surface area contributed by atoms with E-state index < -0.39 is 23.4 Å². The number of amides is 1. The summed E-state index contributed by atoms with van der Waals surface area (Å²) < 4.78 is 12.0. The van der Waals surface area contributed by atoms with Gasteiger partial charge in [-0.2, -0.15) is 0 Å². The summed E-state index contributed by atoms with van der Waals surface area (Å²) in [6.45, 7) is 6.11. The fraction of sp³-hybridized carbons (Fsp3) is 0.500. The van der Waals surface area contributed by atoms with Gasteiger partial charge in [0.25, 0.3) is 5.78 Å². The molecule has 1 aromatic heterocycles. The molecule has 1 aliphatic rings. The molecule has 0 bridgehead atoms. The summed E-state index contributed by atoms with van der Waals surface area (Å²) >= 11 is 0. The number of hydrogen-bond donors (Lipinski definition) is 1. The van der Waals surface area contributed by atoms with E-state index in [9.17, 15) is 19.5 Å². The molecule has 1 aliphatic heterocycles. The van der Waals surface area contributed by atoms with Crippen LogP contribution in [0.4, 0.5) is 4.79 Å². The molecule has 1 N–H and O–H groups in total. The van der Waals surface area contributed by atoms with E-state index in [4.69, 9.17) is 4.74 Å². The van der Waals surface area contributed by atoms with E-state index in [0.717, 1.165) is 5.52 Å². The van der Waals surface area contributed by atoms with Gasteiger partial charge in [-0.3, -0.25) is 4.79 Å². The summed E-state index contributed by atoms with van der Waals surface area (Å²) in [5.74, 6) is -1.88. The van der Waals surface area contributed by atoms with E-state index >= 15 is 0 Å². The topological polar surface area (TPSA) is 98.1 Å². The second kappa shape index (κ2) is 8.47. The van der Waals surface area contributed by atoms with Crippen LogP contribution in [0, 0.1) is 5.92 Å². The average Bonchev–Trinajstić information content (AvgIpc) is 3.10. The van der Waals surface area contributed by atoms with Crippen molar-refractivity contribution in [2.24, 2.45) is 5.92 Å². The van der Waals surface area contributed by atoms with Gasteiger partial charge in [0.05, 0.1) is 12.7 Å². The van der Waals surface area contributed by atoms with Crippen LogP contribution in [0.5, 0.6) is 0 Å². The van der Waals surface area contributed by atoms with Crippen molar-refractivity contribution in [2.75, 3.05) is 26.8 Å². The summed E-state index contributed by atoms with van der Waals surface area (Å²) in [5.41, 5.74) is 0.463. The van der Waals surface area contributed by atoms with E-state index in [0.29, 0.717) is 24.9 Å². The first-order valence-electron chi connectivity index (χ1n) is 9.97. The maximum Gasteiger partial charge on any atom is 0.410 e. The Labute approximate surface area is 175 Å². The Kier molecular flexibility index (Phi) is 6.17. The second-order valence-electron chi connectivity index (χ2n) is 8.51. The van der Waals surface area contributed by atoms with Crippen molar-refractivity contribution in [3.05, 3.63) is 36.0 Å². The number of methoxy groups -OCH3 is 1. The molecule has 162 valence electrons. The van der Waals surface area contributed by atoms with Crippen LogP contribution in [0.2, 0.25) is 0 Å². The van der Waals surface area contributed by atoms with E-state index in [-0.39, 0.29) is 24.1 Å². The fourth-order valence-electron chi connectivity index (χ4n) is 3.92. The van der Waals surface area contributed by atoms with E-state index in [1.54, 1.807) is 23.2 Å². The third-order valence-corrected chi connectivity index (χ3v) is 5.29. The van der Waals surface area contributed by atoms with Gasteiger partial charge in [0.1, 0.15) is 5.60 Å². The van der Waals surface area contributed by atoms with E-state index in [2.05, 4.69) is 4.74 Å². The highest BCUT2D eigenvalue weighted by Gasteiger charge is 2.35. The van der Waals surface area contributed by atoms with Gasteiger partial charge in [0, 0.05) is 48.8 Å². The molecule has 3 rings (SSSR count). The van der Waals surface area contributed by atoms with Crippen molar-refractivity contribution in [1.29, 1.82) is 0 Å². The lowest BCUT2D eigenvalue weighted by molar-refractivity contribution is -0.135. The molecule has 8 heteroatoms. The highest BCUT2D eigenvalue weighted by atomic mass is 16.6. The highest BCUT2D eigenvalue weighted by molar-refractivity contribution is 6.43. The quantitative estimate of drug-likeness (QED) is 0.468. The minimum atomic E-state index is -0.920. The molecule has 2 unspecified atom stereocenters. The molecule has 2 aromatic rings. The number of carbonyl (C=O) groups excluding carboxylic acids is 3. The van der Waals surface area contributed by atoms with E-state index in [1.165, 1.54) is 7.11 Å². The summed E-state index contributed by atoms with van der Waals surface area (Å²) in [6, 6.07) is 7.17. The Morgan fingerprint density at radius 1 is 1.20 bits per heavy atom. The van der Waals surface area contributed by atoms with Crippen molar-refractivity contribution in [2.45, 2.75) is 38.8 Å². The number of hydrogen-bond acceptors (Lipinski definition) is 6. The first-order chi connectivity index (χ1) is 14.2. The van der Waals surface area contributed by atoms with Crippen molar-refractivity contribution in [1.82, 2.24) is 9.47 Å². The van der Waals surface area contributed by atoms with Gasteiger partial charge in [0.2, 0.25) is 0 Å². The minimum Gasteiger partial charge on any atom is -0.463 e. The predicted molar refractivity (Wildman–Crippen MR) is 110 cm³/mol. The first kappa shape index (κ1) is 21.8. The Balaban J connectivity index is 1.91. The van der Waals surface area contributed by atoms with Crippen LogP contribution in [0.15, 0.2) is 30.5 Å². The monoisotopic (exact) mass is 416 g/mol. The number of esters is 1. The standard InChI is InChI=1S/C22H28N2O6/c1-22(2,3)30-21(28)23-10-9-17(14(11-23)13-25)24-12-16(19(26)20(27)29-4)15-7-5-6-8-18(15)24/h5-8,12,14,17,25H,9-11,13H2,1-4H3. The molecular weight excluding hydrogens is 388 g/mol. The van der Waals surface area contributed by atoms with Gasteiger partial charge >= 0.3 is 12.1 Å². The van der Waals surface area contributed by atoms with Crippen LogP contribution in [0.25, 0.3) is 10.9 Å². The number of rotatable bonds is 4. The van der Waals surface area contributed by atoms with Gasteiger partial charge in [-0.1, -0.05) is 18.2 Å². The largest absolute Gasteiger partial charge is 0.463 e. The number of piperidine rings is 1. The van der Waals surface area contributed by atoms with Crippen LogP contribution < -0.4 is 0 Å². The number of aliphatic hydroxyl groups is 1. The molecule has 0 spiro atoms. The van der Waals surface area contributed by atoms with Gasteiger partial charge in [-0.25, -0.2) is 9.59 Å². The Hall–Kier alpha value is -2.87. The lowest BCUT2D eigenvalue weighted by Crippen LogP contribution is -2.47. The second-order valence-corrected chi connectivity index (χ2v) is 8.51. The molecule has 2 atom stereocenters. The summed E-state index contributed by atoms with van der Waals surface area (Å²) in [6.07, 6.45) is 1.83. The van der Waals surface area contributed by atoms with Crippen molar-refractivity contribution < 1.29 is 29.0 Å². The van der Waals surface area contributed by atoms with Crippen molar-refractivity contribution in [3.63, 3.8) is 0 Å². The molecule has 1 fully saturated rings. The van der Waals surface area contributed by atoms with Gasteiger partial charge in [-0.05, 0) is 33.3 Å². The maximum absolute atomic E-state index is 12.5. The number of likely N-dealkylation sites (tertiary alicyclic amines) is 1. The molecule has 0 saturated carbocycles. The smallest absolute Gasteiger partial charge is 0.410 e. The van der Waals surface area contributed by atoms with Crippen LogP contribution in [-0.2, 0) is 14.3 Å². The lowest BCUT2D eigenvalue weighted by atomic mass is 9.92. The van der Waals surface area contributed by atoms with Crippen LogP contribution in [0.3, 0.4) is 0 Å². The summed E-state index contributed by atoms with van der Waals surface area (Å²) in [7, 11) is 1.17. The molecule has 1 saturated heterocycles. The number of ether oxygens (including phenoxy) is 2. The van der Waals surface area contributed by atoms with E-state index in [1.807, 2.05) is 37.5 Å². The minimum absolute atomic E-state index is 0.128. The zero-order valence-electron chi connectivity index (χ0n) is 17.8. The molecule has 30 heavy (non-hydrogen) atoms. The normalized spacial score (nSPS) is 19.6. The Morgan fingerprint density at radius 2 is 1.90 bits per heavy atom. The molecule has 1 amide bonds. The van der Waals surface area contributed by atoms with Crippen LogP contribution in [-0.4, -0.2) is 64.8 Å². The predicted octanol–water partition coefficient (Wildman–Crippen LogP) is 2.79. The molecule has 0 aliphatic carbocycles. The number of carbonyl (C=O) groups is 3. The van der Waals surface area contributed by atoms with Crippen molar-refractivity contribution in [3.8, 4) is 0 Å². The number of benzene rings is 1. The number of para-hydroxylation sites is 1. The Morgan fingerprint density at radius 3 is 2.53 bits per heavy atom. The highest BCUT2D eigenvalue weighted by Crippen LogP contribution is 2.34. The Bertz CT molecular complexity index is 958. The van der Waals surface area contributed by atoms with Crippen LogP contribution >= 0.6 is 0 Å². The average molecular weight is 416 g/mol. The number of aliphatic hydroxyl groups excluding tert-OH is 1. The zero-order valence-corrected chi connectivity index (χ0v) is 17.8. The molecular formula is C22H28N2O6. The summed E-state index contributed by atoms with van der Waals surface area (Å²) in [4.78, 5) is 38.4. The number of fused-ring (bicyclic) bond motifs is 1. The number of Topliss-reactive ketones (excluding diaryl/α,β-unsaturated/α-hetero) is 1. The summed E-state index contributed by atoms with van der Waals surface area (Å²) in [5, 5.41) is 10.7. The van der Waals surface area contributed by atoms with Gasteiger partial charge in [0.15, 0.2) is 0 Å². The zero-order chi connectivity index (χ0) is 22.1. The molecule has 0 radical (unpaired) electrons. The third kappa shape index (κ3) is 4.33. The van der Waals surface area contributed by atoms with Crippen LogP contribution in [0.1, 0.15) is 43.6 Å². The number of aromatic nitrogens is 1. The lowest BCUT2D eigenvalue weighted by Gasteiger charge is -2.39. The number of nitrogens with zero attached hydrogens (tertiary/aromatic N) is 2. The third-order valence-electron chi connectivity index (χ3n) is 5.29. The first-order valence-corrected chi connectivity index (χ1v) is 9.97. The van der Waals surface area contributed by atoms with Gasteiger partial charge < -0.3 is 24.0 Å². The molecule has 1 aromatic carbocycles. The van der Waals surface area contributed by atoms with Crippen molar-refractivity contribution >= 4 is 28.7 Å². The van der Waals surface area contributed by atoms with Gasteiger partial charge in [-0.15, -0.1) is 0 Å². The fourth-order valence-corrected chi connectivity index (χ4v) is 3.92.